The third-order valence-corrected chi connectivity index (χ3v) is 9.07. The van der Waals surface area contributed by atoms with Gasteiger partial charge in [-0.1, -0.05) is 58.0 Å². The lowest BCUT2D eigenvalue weighted by atomic mass is 9.95. The number of hydrogen-bond donors (Lipinski definition) is 0. The molecule has 174 valence electrons. The second-order valence-corrected chi connectivity index (χ2v) is 11.7. The first-order chi connectivity index (χ1) is 16.5. The average molecular weight is 535 g/mol. The molecule has 0 bridgehead atoms. The van der Waals surface area contributed by atoms with Gasteiger partial charge in [-0.15, -0.1) is 10.2 Å². The van der Waals surface area contributed by atoms with Gasteiger partial charge in [-0.3, -0.25) is 4.98 Å². The summed E-state index contributed by atoms with van der Waals surface area (Å²) in [6.45, 7) is 5.62. The number of aryl methyl sites for hydroxylation is 1. The Morgan fingerprint density at radius 2 is 1.94 bits per heavy atom. The molecular formula is C27H28BrN5S. The number of hydrogen-bond acceptors (Lipinski definition) is 5. The Morgan fingerprint density at radius 3 is 2.79 bits per heavy atom. The standard InChI is InChI=1S/C27H28BrN5S/c1-18-7-12-22-23(5-3-6-24(22)29-18)25-30-31-26(32(25)2)34-14-4-13-33-16-20-15-27(20,17-33)19-8-10-21(28)11-9-19/h3,5-12,20H,4,13-17H2,1-2H3. The van der Waals surface area contributed by atoms with Gasteiger partial charge >= 0.3 is 0 Å². The van der Waals surface area contributed by atoms with Gasteiger partial charge in [0.05, 0.1) is 5.52 Å². The highest BCUT2D eigenvalue weighted by molar-refractivity contribution is 9.10. The Balaban J connectivity index is 1.06. The van der Waals surface area contributed by atoms with Gasteiger partial charge in [0, 0.05) is 52.4 Å². The fraction of sp³-hybridized carbons (Fsp3) is 0.370. The number of likely N-dealkylation sites (tertiary alicyclic amines) is 1. The first-order valence-electron chi connectivity index (χ1n) is 11.9. The summed E-state index contributed by atoms with van der Waals surface area (Å²) in [7, 11) is 2.06. The van der Waals surface area contributed by atoms with Crippen LogP contribution in [0, 0.1) is 12.8 Å². The molecule has 6 rings (SSSR count). The molecule has 5 nitrogen and oxygen atoms in total. The number of halogens is 1. The molecule has 1 saturated carbocycles. The molecule has 0 radical (unpaired) electrons. The van der Waals surface area contributed by atoms with Gasteiger partial charge < -0.3 is 9.47 Å². The van der Waals surface area contributed by atoms with Crippen molar-refractivity contribution in [3.8, 4) is 11.4 Å². The van der Waals surface area contributed by atoms with Gasteiger partial charge in [-0.2, -0.15) is 0 Å². The Morgan fingerprint density at radius 1 is 1.09 bits per heavy atom. The van der Waals surface area contributed by atoms with Crippen LogP contribution in [0.25, 0.3) is 22.3 Å². The fourth-order valence-electron chi connectivity index (χ4n) is 5.56. The number of pyridine rings is 1. The molecule has 7 heteroatoms. The largest absolute Gasteiger partial charge is 0.305 e. The molecular weight excluding hydrogens is 506 g/mol. The SMILES string of the molecule is Cc1ccc2c(-c3nnc(SCCCN4CC5CC5(c5ccc(Br)cc5)C4)n3C)cccc2n1. The van der Waals surface area contributed by atoms with Gasteiger partial charge in [-0.25, -0.2) is 0 Å². The van der Waals surface area contributed by atoms with Crippen molar-refractivity contribution >= 4 is 38.6 Å². The lowest BCUT2D eigenvalue weighted by Gasteiger charge is -2.21. The molecule has 2 aromatic heterocycles. The molecule has 2 aliphatic rings. The molecule has 0 spiro atoms. The number of fused-ring (bicyclic) bond motifs is 2. The van der Waals surface area contributed by atoms with Crippen LogP contribution in [-0.4, -0.2) is 50.0 Å². The number of thioether (sulfide) groups is 1. The molecule has 2 fully saturated rings. The minimum atomic E-state index is 0.415. The van der Waals surface area contributed by atoms with Crippen LogP contribution in [-0.2, 0) is 12.5 Å². The van der Waals surface area contributed by atoms with E-state index in [4.69, 9.17) is 0 Å². The van der Waals surface area contributed by atoms with E-state index in [-0.39, 0.29) is 0 Å². The summed E-state index contributed by atoms with van der Waals surface area (Å²) in [6, 6.07) is 19.4. The summed E-state index contributed by atoms with van der Waals surface area (Å²) in [4.78, 5) is 7.32. The van der Waals surface area contributed by atoms with Gasteiger partial charge in [0.2, 0.25) is 0 Å². The molecule has 3 heterocycles. The summed E-state index contributed by atoms with van der Waals surface area (Å²) >= 11 is 5.37. The zero-order valence-electron chi connectivity index (χ0n) is 19.5. The van der Waals surface area contributed by atoms with E-state index in [0.717, 1.165) is 62.3 Å². The zero-order chi connectivity index (χ0) is 23.3. The van der Waals surface area contributed by atoms with Crippen molar-refractivity contribution in [3.05, 3.63) is 70.3 Å². The van der Waals surface area contributed by atoms with Crippen LogP contribution in [0.3, 0.4) is 0 Å². The smallest absolute Gasteiger partial charge is 0.191 e. The molecule has 1 aliphatic heterocycles. The highest BCUT2D eigenvalue weighted by Crippen LogP contribution is 2.59. The Kier molecular flexibility index (Phi) is 5.74. The molecule has 2 unspecified atom stereocenters. The summed E-state index contributed by atoms with van der Waals surface area (Å²) in [6.07, 6.45) is 2.51. The Bertz CT molecular complexity index is 1350. The van der Waals surface area contributed by atoms with Crippen LogP contribution in [0.1, 0.15) is 24.1 Å². The van der Waals surface area contributed by atoms with Crippen molar-refractivity contribution in [2.45, 2.75) is 30.3 Å². The van der Waals surface area contributed by atoms with Crippen LogP contribution in [0.5, 0.6) is 0 Å². The number of nitrogens with zero attached hydrogens (tertiary/aromatic N) is 5. The van der Waals surface area contributed by atoms with Crippen LogP contribution in [0.2, 0.25) is 0 Å². The maximum Gasteiger partial charge on any atom is 0.191 e. The van der Waals surface area contributed by atoms with E-state index in [1.165, 1.54) is 25.1 Å². The summed E-state index contributed by atoms with van der Waals surface area (Å²) in [5, 5.41) is 11.1. The van der Waals surface area contributed by atoms with E-state index in [0.29, 0.717) is 5.41 Å². The summed E-state index contributed by atoms with van der Waals surface area (Å²) < 4.78 is 3.28. The first kappa shape index (κ1) is 22.3. The quantitative estimate of drug-likeness (QED) is 0.220. The van der Waals surface area contributed by atoms with Crippen molar-refractivity contribution < 1.29 is 0 Å². The molecule has 2 aromatic carbocycles. The molecule has 34 heavy (non-hydrogen) atoms. The van der Waals surface area contributed by atoms with Crippen LogP contribution >= 0.6 is 27.7 Å². The van der Waals surface area contributed by atoms with Crippen LogP contribution in [0.4, 0.5) is 0 Å². The third-order valence-electron chi connectivity index (χ3n) is 7.43. The predicted molar refractivity (Wildman–Crippen MR) is 142 cm³/mol. The molecule has 1 saturated heterocycles. The number of benzene rings is 2. The number of rotatable bonds is 7. The van der Waals surface area contributed by atoms with Gasteiger partial charge in [-0.05, 0) is 62.1 Å². The van der Waals surface area contributed by atoms with Gasteiger partial charge in [0.15, 0.2) is 11.0 Å². The van der Waals surface area contributed by atoms with E-state index in [1.54, 1.807) is 11.8 Å². The van der Waals surface area contributed by atoms with Gasteiger partial charge in [0.25, 0.3) is 0 Å². The summed E-state index contributed by atoms with van der Waals surface area (Å²) in [5.41, 5.74) is 5.04. The summed E-state index contributed by atoms with van der Waals surface area (Å²) in [5.74, 6) is 2.78. The molecule has 0 amide bonds. The van der Waals surface area contributed by atoms with Gasteiger partial charge in [0.1, 0.15) is 0 Å². The normalized spacial score (nSPS) is 21.8. The lowest BCUT2D eigenvalue weighted by molar-refractivity contribution is 0.299. The van der Waals surface area contributed by atoms with Crippen LogP contribution in [0.15, 0.2) is 64.2 Å². The topological polar surface area (TPSA) is 46.8 Å². The van der Waals surface area contributed by atoms with Crippen molar-refractivity contribution in [1.29, 1.82) is 0 Å². The van der Waals surface area contributed by atoms with E-state index >= 15 is 0 Å². The molecule has 4 aromatic rings. The molecule has 2 atom stereocenters. The number of aromatic nitrogens is 4. The second kappa shape index (κ2) is 8.77. The highest BCUT2D eigenvalue weighted by Gasteiger charge is 2.60. The maximum atomic E-state index is 4.66. The third kappa shape index (κ3) is 3.97. The van der Waals surface area contributed by atoms with E-state index in [1.807, 2.05) is 13.0 Å². The van der Waals surface area contributed by atoms with E-state index in [2.05, 4.69) is 96.2 Å². The molecule has 1 aliphatic carbocycles. The first-order valence-corrected chi connectivity index (χ1v) is 13.7. The number of piperidine rings is 1. The van der Waals surface area contributed by atoms with Crippen molar-refractivity contribution in [3.63, 3.8) is 0 Å². The highest BCUT2D eigenvalue weighted by atomic mass is 79.9. The fourth-order valence-corrected chi connectivity index (χ4v) is 6.66. The lowest BCUT2D eigenvalue weighted by Crippen LogP contribution is -2.27. The van der Waals surface area contributed by atoms with Crippen molar-refractivity contribution in [1.82, 2.24) is 24.6 Å². The molecule has 0 N–H and O–H groups in total. The maximum absolute atomic E-state index is 4.66. The average Bonchev–Trinajstić information content (AvgIpc) is 3.21. The van der Waals surface area contributed by atoms with E-state index < -0.39 is 0 Å². The van der Waals surface area contributed by atoms with Crippen LogP contribution < -0.4 is 0 Å². The monoisotopic (exact) mass is 533 g/mol. The van der Waals surface area contributed by atoms with E-state index in [9.17, 15) is 0 Å². The second-order valence-electron chi connectivity index (χ2n) is 9.69. The minimum Gasteiger partial charge on any atom is -0.305 e. The Hall–Kier alpha value is -2.22. The predicted octanol–water partition coefficient (Wildman–Crippen LogP) is 5.86. The minimum absolute atomic E-state index is 0.415. The zero-order valence-corrected chi connectivity index (χ0v) is 21.9. The van der Waals surface area contributed by atoms with Crippen molar-refractivity contribution in [2.75, 3.05) is 25.4 Å². The van der Waals surface area contributed by atoms with Crippen molar-refractivity contribution in [2.24, 2.45) is 13.0 Å². The Labute approximate surface area is 213 Å².